The van der Waals surface area contributed by atoms with Crippen LogP contribution in [0, 0.1) is 19.7 Å². The van der Waals surface area contributed by atoms with Gasteiger partial charge in [-0.2, -0.15) is 5.10 Å². The van der Waals surface area contributed by atoms with Gasteiger partial charge in [-0.05, 0) is 32.4 Å². The molecule has 3 rings (SSSR count). The Morgan fingerprint density at radius 1 is 1.39 bits per heavy atom. The highest BCUT2D eigenvalue weighted by atomic mass is 32.2. The Morgan fingerprint density at radius 2 is 2.14 bits per heavy atom. The van der Waals surface area contributed by atoms with Crippen molar-refractivity contribution in [3.63, 3.8) is 0 Å². The number of sulfone groups is 1. The molecule has 1 fully saturated rings. The first kappa shape index (κ1) is 20.3. The average molecular weight is 409 g/mol. The van der Waals surface area contributed by atoms with E-state index in [2.05, 4.69) is 5.10 Å². The fourth-order valence-electron chi connectivity index (χ4n) is 3.39. The third kappa shape index (κ3) is 4.52. The van der Waals surface area contributed by atoms with Crippen LogP contribution in [0.2, 0.25) is 0 Å². The molecule has 7 nitrogen and oxygen atoms in total. The molecule has 152 valence electrons. The predicted molar refractivity (Wildman–Crippen MR) is 102 cm³/mol. The third-order valence-electron chi connectivity index (χ3n) is 5.01. The minimum Gasteiger partial charge on any atom is -0.484 e. The summed E-state index contributed by atoms with van der Waals surface area (Å²) in [7, 11) is -1.35. The van der Waals surface area contributed by atoms with Crippen LogP contribution >= 0.6 is 0 Å². The molecule has 28 heavy (non-hydrogen) atoms. The van der Waals surface area contributed by atoms with Crippen molar-refractivity contribution in [2.75, 3.05) is 25.2 Å². The average Bonchev–Trinajstić information content (AvgIpc) is 3.13. The molecule has 1 atom stereocenters. The summed E-state index contributed by atoms with van der Waals surface area (Å²) in [5, 5.41) is 4.51. The second-order valence-corrected chi connectivity index (χ2v) is 9.38. The normalized spacial score (nSPS) is 18.2. The predicted octanol–water partition coefficient (Wildman–Crippen LogP) is 2.04. The monoisotopic (exact) mass is 409 g/mol. The van der Waals surface area contributed by atoms with Crippen LogP contribution in [0.3, 0.4) is 0 Å². The van der Waals surface area contributed by atoms with Crippen molar-refractivity contribution in [2.45, 2.75) is 32.9 Å². The number of likely N-dealkylation sites (N-methyl/N-ethyl adjacent to an activating group) is 1. The van der Waals surface area contributed by atoms with Crippen molar-refractivity contribution in [1.82, 2.24) is 14.7 Å². The Hall–Kier alpha value is -2.42. The summed E-state index contributed by atoms with van der Waals surface area (Å²) in [6.45, 7) is 3.88. The van der Waals surface area contributed by atoms with Gasteiger partial charge in [0.25, 0.3) is 5.91 Å². The summed E-state index contributed by atoms with van der Waals surface area (Å²) < 4.78 is 43.8. The van der Waals surface area contributed by atoms with Crippen LogP contribution in [0.4, 0.5) is 4.39 Å². The fourth-order valence-corrected chi connectivity index (χ4v) is 5.08. The molecule has 1 aliphatic rings. The first-order valence-corrected chi connectivity index (χ1v) is 10.9. The van der Waals surface area contributed by atoms with Crippen molar-refractivity contribution in [3.8, 4) is 5.75 Å². The first-order chi connectivity index (χ1) is 13.2. The highest BCUT2D eigenvalue weighted by Gasteiger charge is 2.31. The van der Waals surface area contributed by atoms with Gasteiger partial charge in [0.1, 0.15) is 11.6 Å². The molecule has 0 unspecified atom stereocenters. The van der Waals surface area contributed by atoms with Gasteiger partial charge in [-0.3, -0.25) is 9.48 Å². The van der Waals surface area contributed by atoms with E-state index in [0.29, 0.717) is 18.7 Å². The van der Waals surface area contributed by atoms with Crippen molar-refractivity contribution in [3.05, 3.63) is 47.0 Å². The molecule has 0 radical (unpaired) electrons. The van der Waals surface area contributed by atoms with E-state index in [9.17, 15) is 17.6 Å². The van der Waals surface area contributed by atoms with Gasteiger partial charge in [0, 0.05) is 30.9 Å². The standard InChI is InChI=1S/C19H24FN3O4S/c1-13-18(14(2)23(21-13)16-7-8-28(25,26)12-16)10-22(3)19(24)11-27-17-6-4-5-15(20)9-17/h4-6,9,16H,7-8,10-12H2,1-3H3/t16-/m1/s1. The Balaban J connectivity index is 1.65. The van der Waals surface area contributed by atoms with Gasteiger partial charge < -0.3 is 9.64 Å². The molecule has 0 spiro atoms. The number of hydrogen-bond acceptors (Lipinski definition) is 5. The van der Waals surface area contributed by atoms with Crippen LogP contribution in [0.25, 0.3) is 0 Å². The van der Waals surface area contributed by atoms with Crippen LogP contribution < -0.4 is 4.74 Å². The lowest BCUT2D eigenvalue weighted by Gasteiger charge is -2.18. The minimum atomic E-state index is -3.01. The number of halogens is 1. The van der Waals surface area contributed by atoms with E-state index < -0.39 is 15.7 Å². The van der Waals surface area contributed by atoms with E-state index in [1.807, 2.05) is 13.8 Å². The van der Waals surface area contributed by atoms with E-state index in [1.54, 1.807) is 17.8 Å². The van der Waals surface area contributed by atoms with E-state index in [1.165, 1.54) is 23.1 Å². The number of hydrogen-bond donors (Lipinski definition) is 0. The summed E-state index contributed by atoms with van der Waals surface area (Å²) >= 11 is 0. The van der Waals surface area contributed by atoms with Crippen molar-refractivity contribution < 1.29 is 22.3 Å². The molecule has 9 heteroatoms. The summed E-state index contributed by atoms with van der Waals surface area (Å²) in [6.07, 6.45) is 0.556. The van der Waals surface area contributed by atoms with Crippen LogP contribution in [-0.4, -0.2) is 54.2 Å². The lowest BCUT2D eigenvalue weighted by molar-refractivity contribution is -0.132. The van der Waals surface area contributed by atoms with E-state index in [4.69, 9.17) is 4.74 Å². The summed E-state index contributed by atoms with van der Waals surface area (Å²) in [6, 6.07) is 5.48. The van der Waals surface area contributed by atoms with Crippen LogP contribution in [0.5, 0.6) is 5.75 Å². The highest BCUT2D eigenvalue weighted by Crippen LogP contribution is 2.27. The SMILES string of the molecule is Cc1nn([C@@H]2CCS(=O)(=O)C2)c(C)c1CN(C)C(=O)COc1cccc(F)c1. The van der Waals surface area contributed by atoms with Gasteiger partial charge in [-0.25, -0.2) is 12.8 Å². The quantitative estimate of drug-likeness (QED) is 0.729. The molecule has 1 aliphatic heterocycles. The maximum absolute atomic E-state index is 13.2. The largest absolute Gasteiger partial charge is 0.484 e. The lowest BCUT2D eigenvalue weighted by atomic mass is 10.1. The minimum absolute atomic E-state index is 0.102. The topological polar surface area (TPSA) is 81.5 Å². The Labute approximate surface area is 164 Å². The molecule has 2 aromatic rings. The zero-order valence-corrected chi connectivity index (χ0v) is 17.0. The third-order valence-corrected chi connectivity index (χ3v) is 6.76. The van der Waals surface area contributed by atoms with Crippen LogP contribution in [0.1, 0.15) is 29.4 Å². The zero-order valence-electron chi connectivity index (χ0n) is 16.2. The molecule has 2 heterocycles. The number of carbonyl (C=O) groups excluding carboxylic acids is 1. The number of nitrogens with zero attached hydrogens (tertiary/aromatic N) is 3. The maximum atomic E-state index is 13.2. The van der Waals surface area contributed by atoms with E-state index >= 15 is 0 Å². The van der Waals surface area contributed by atoms with E-state index in [-0.39, 0.29) is 30.1 Å². The molecule has 0 aliphatic carbocycles. The number of rotatable bonds is 6. The van der Waals surface area contributed by atoms with Crippen molar-refractivity contribution in [2.24, 2.45) is 0 Å². The first-order valence-electron chi connectivity index (χ1n) is 9.03. The highest BCUT2D eigenvalue weighted by molar-refractivity contribution is 7.91. The second-order valence-electron chi connectivity index (χ2n) is 7.15. The van der Waals surface area contributed by atoms with E-state index in [0.717, 1.165) is 17.0 Å². The Kier molecular flexibility index (Phi) is 5.74. The smallest absolute Gasteiger partial charge is 0.260 e. The summed E-state index contributed by atoms with van der Waals surface area (Å²) in [5.41, 5.74) is 2.53. The van der Waals surface area contributed by atoms with Crippen LogP contribution in [0.15, 0.2) is 24.3 Å². The lowest BCUT2D eigenvalue weighted by Crippen LogP contribution is -2.31. The molecule has 1 amide bonds. The Bertz CT molecular complexity index is 987. The molecule has 0 N–H and O–H groups in total. The number of aryl methyl sites for hydroxylation is 1. The zero-order chi connectivity index (χ0) is 20.5. The van der Waals surface area contributed by atoms with Gasteiger partial charge in [0.05, 0.1) is 23.2 Å². The van der Waals surface area contributed by atoms with Gasteiger partial charge in [0.15, 0.2) is 16.4 Å². The van der Waals surface area contributed by atoms with Gasteiger partial charge >= 0.3 is 0 Å². The number of amides is 1. The van der Waals surface area contributed by atoms with Crippen molar-refractivity contribution >= 4 is 15.7 Å². The summed E-state index contributed by atoms with van der Waals surface area (Å²) in [4.78, 5) is 13.9. The van der Waals surface area contributed by atoms with Crippen molar-refractivity contribution in [1.29, 1.82) is 0 Å². The number of benzene rings is 1. The molecule has 0 bridgehead atoms. The molecule has 0 saturated carbocycles. The molecule has 1 aromatic carbocycles. The number of ether oxygens (including phenoxy) is 1. The summed E-state index contributed by atoms with van der Waals surface area (Å²) in [5.74, 6) is -0.0965. The number of carbonyl (C=O) groups is 1. The number of aromatic nitrogens is 2. The second kappa shape index (κ2) is 7.90. The molecule has 1 saturated heterocycles. The molecular weight excluding hydrogens is 385 g/mol. The molecular formula is C19H24FN3O4S. The van der Waals surface area contributed by atoms with Gasteiger partial charge in [-0.1, -0.05) is 6.07 Å². The fraction of sp³-hybridized carbons (Fsp3) is 0.474. The Morgan fingerprint density at radius 3 is 2.79 bits per heavy atom. The molecule has 1 aromatic heterocycles. The van der Waals surface area contributed by atoms with Gasteiger partial charge in [0.2, 0.25) is 0 Å². The maximum Gasteiger partial charge on any atom is 0.260 e. The van der Waals surface area contributed by atoms with Gasteiger partial charge in [-0.15, -0.1) is 0 Å². The van der Waals surface area contributed by atoms with Crippen LogP contribution in [-0.2, 0) is 21.2 Å².